The number of anilines is 2. The topological polar surface area (TPSA) is 88.8 Å². The van der Waals surface area contributed by atoms with Gasteiger partial charge in [-0.1, -0.05) is 35.0 Å². The molecule has 1 aliphatic rings. The molecule has 5 rings (SSSR count). The summed E-state index contributed by atoms with van der Waals surface area (Å²) in [5.74, 6) is 1.09. The van der Waals surface area contributed by atoms with Crippen molar-refractivity contribution in [3.63, 3.8) is 0 Å². The quantitative estimate of drug-likeness (QED) is 0.243. The van der Waals surface area contributed by atoms with E-state index >= 15 is 0 Å². The zero-order valence-electron chi connectivity index (χ0n) is 21.8. The molecule has 1 aromatic heterocycles. The second-order valence-electron chi connectivity index (χ2n) is 9.51. The molecule has 0 fully saturated rings. The van der Waals surface area contributed by atoms with Gasteiger partial charge >= 0.3 is 0 Å². The summed E-state index contributed by atoms with van der Waals surface area (Å²) in [6.45, 7) is 4.07. The Kier molecular flexibility index (Phi) is 7.93. The Morgan fingerprint density at radius 3 is 2.51 bits per heavy atom. The Bertz CT molecular complexity index is 1420. The maximum atomic E-state index is 13.8. The van der Waals surface area contributed by atoms with Crippen LogP contribution >= 0.6 is 11.6 Å². The highest BCUT2D eigenvalue weighted by molar-refractivity contribution is 6.30. The number of carbonyl (C=O) groups excluding carboxylic acids is 2. The van der Waals surface area contributed by atoms with E-state index in [4.69, 9.17) is 20.9 Å². The van der Waals surface area contributed by atoms with Crippen LogP contribution in [0.25, 0.3) is 0 Å². The van der Waals surface area contributed by atoms with E-state index in [9.17, 15) is 9.59 Å². The van der Waals surface area contributed by atoms with E-state index in [0.29, 0.717) is 41.7 Å². The average molecular weight is 545 g/mol. The zero-order valence-corrected chi connectivity index (χ0v) is 22.5. The number of aromatic nitrogens is 2. The number of ether oxygens (including phenoxy) is 1. The Hall–Kier alpha value is -4.17. The Labute approximate surface area is 232 Å². The number of benzene rings is 3. The highest BCUT2D eigenvalue weighted by Crippen LogP contribution is 2.43. The Morgan fingerprint density at radius 1 is 1.08 bits per heavy atom. The van der Waals surface area contributed by atoms with Gasteiger partial charge in [0.25, 0.3) is 5.91 Å². The van der Waals surface area contributed by atoms with Crippen LogP contribution in [0, 0.1) is 0 Å². The molecule has 0 aliphatic carbocycles. The van der Waals surface area contributed by atoms with Crippen LogP contribution in [0.5, 0.6) is 5.75 Å². The van der Waals surface area contributed by atoms with Crippen molar-refractivity contribution < 1.29 is 18.8 Å². The van der Waals surface area contributed by atoms with E-state index in [2.05, 4.69) is 10.1 Å². The van der Waals surface area contributed by atoms with Crippen LogP contribution in [0.1, 0.15) is 54.5 Å². The molecule has 0 radical (unpaired) electrons. The third-order valence-corrected chi connectivity index (χ3v) is 7.10. The van der Waals surface area contributed by atoms with Gasteiger partial charge in [0.15, 0.2) is 6.33 Å². The normalized spacial score (nSPS) is 16.4. The minimum atomic E-state index is -0.220. The van der Waals surface area contributed by atoms with Crippen LogP contribution in [-0.2, 0) is 11.2 Å². The lowest BCUT2D eigenvalue weighted by atomic mass is 9.89. The molecule has 0 unspecified atom stereocenters. The lowest BCUT2D eigenvalue weighted by Crippen LogP contribution is -2.47. The van der Waals surface area contributed by atoms with Gasteiger partial charge in [-0.2, -0.15) is 4.98 Å². The second-order valence-corrected chi connectivity index (χ2v) is 9.95. The minimum Gasteiger partial charge on any atom is -0.494 e. The van der Waals surface area contributed by atoms with Gasteiger partial charge in [-0.05, 0) is 79.9 Å². The summed E-state index contributed by atoms with van der Waals surface area (Å²) in [4.78, 5) is 34.2. The maximum absolute atomic E-state index is 13.8. The Morgan fingerprint density at radius 2 is 1.82 bits per heavy atom. The number of carbonyl (C=O) groups is 2. The van der Waals surface area contributed by atoms with Gasteiger partial charge < -0.3 is 19.1 Å². The molecule has 0 bridgehead atoms. The molecule has 1 aliphatic heterocycles. The van der Waals surface area contributed by atoms with Crippen LogP contribution in [0.2, 0.25) is 5.02 Å². The first kappa shape index (κ1) is 26.4. The van der Waals surface area contributed by atoms with Crippen molar-refractivity contribution in [1.82, 2.24) is 10.1 Å². The number of fused-ring (bicyclic) bond motifs is 1. The summed E-state index contributed by atoms with van der Waals surface area (Å²) < 4.78 is 10.8. The van der Waals surface area contributed by atoms with Gasteiger partial charge in [0.05, 0.1) is 12.6 Å². The second kappa shape index (κ2) is 11.7. The van der Waals surface area contributed by atoms with Gasteiger partial charge in [0.1, 0.15) is 5.75 Å². The fourth-order valence-corrected chi connectivity index (χ4v) is 5.20. The number of rotatable bonds is 8. The largest absolute Gasteiger partial charge is 0.494 e. The van der Waals surface area contributed by atoms with Crippen LogP contribution < -0.4 is 14.5 Å². The van der Waals surface area contributed by atoms with Crippen molar-refractivity contribution in [2.45, 2.75) is 45.2 Å². The number of hydrogen-bond acceptors (Lipinski definition) is 6. The molecule has 0 saturated carbocycles. The van der Waals surface area contributed by atoms with Crippen molar-refractivity contribution in [3.8, 4) is 5.75 Å². The van der Waals surface area contributed by atoms with Crippen molar-refractivity contribution >= 4 is 34.8 Å². The van der Waals surface area contributed by atoms with Gasteiger partial charge in [-0.25, -0.2) is 0 Å². The van der Waals surface area contributed by atoms with E-state index in [1.54, 1.807) is 48.2 Å². The smallest absolute Gasteiger partial charge is 0.258 e. The van der Waals surface area contributed by atoms with E-state index in [0.717, 1.165) is 23.4 Å². The number of amides is 2. The Balaban J connectivity index is 1.33. The molecule has 0 N–H and O–H groups in total. The van der Waals surface area contributed by atoms with Crippen molar-refractivity contribution in [3.05, 3.63) is 101 Å². The lowest BCUT2D eigenvalue weighted by Gasteiger charge is -2.43. The standard InChI is InChI=1S/C30H29ClN4O4/c1-20-18-28(35(21(2)36)24-13-11-23(31)12-14-24)26-6-3-4-7-27(26)34(20)30(37)22-9-15-25(16-10-22)38-17-5-8-29-32-19-33-39-29/h3-4,6-7,9-16,19-20,28H,5,8,17-18H2,1-2H3/t20-,28+/m0/s1. The highest BCUT2D eigenvalue weighted by Gasteiger charge is 2.38. The first-order valence-electron chi connectivity index (χ1n) is 12.9. The molecule has 0 spiro atoms. The number of hydrogen-bond donors (Lipinski definition) is 0. The molecule has 200 valence electrons. The SMILES string of the molecule is CC(=O)N(c1ccc(Cl)cc1)[C@@H]1C[C@H](C)N(C(=O)c2ccc(OCCCc3ncno3)cc2)c2ccccc21. The predicted octanol–water partition coefficient (Wildman–Crippen LogP) is 6.27. The van der Waals surface area contributed by atoms with E-state index in [1.165, 1.54) is 6.33 Å². The molecule has 8 nitrogen and oxygen atoms in total. The number of nitrogens with zero attached hydrogens (tertiary/aromatic N) is 4. The molecule has 3 aromatic carbocycles. The van der Waals surface area contributed by atoms with Gasteiger partial charge in [0.2, 0.25) is 11.8 Å². The van der Waals surface area contributed by atoms with Crippen LogP contribution in [0.4, 0.5) is 11.4 Å². The minimum absolute atomic E-state index is 0.0724. The van der Waals surface area contributed by atoms with E-state index < -0.39 is 0 Å². The third-order valence-electron chi connectivity index (χ3n) is 6.85. The zero-order chi connectivity index (χ0) is 27.4. The fourth-order valence-electron chi connectivity index (χ4n) is 5.07. The van der Waals surface area contributed by atoms with Gasteiger partial charge in [-0.3, -0.25) is 9.59 Å². The molecule has 2 heterocycles. The molecule has 39 heavy (non-hydrogen) atoms. The number of para-hydroxylation sites is 1. The third kappa shape index (κ3) is 5.81. The van der Waals surface area contributed by atoms with Crippen LogP contribution in [0.15, 0.2) is 83.6 Å². The molecule has 0 saturated heterocycles. The molecule has 2 amide bonds. The first-order valence-corrected chi connectivity index (χ1v) is 13.3. The van der Waals surface area contributed by atoms with E-state index in [-0.39, 0.29) is 23.9 Å². The fraction of sp³-hybridized carbons (Fsp3) is 0.267. The van der Waals surface area contributed by atoms with Crippen LogP contribution in [0.3, 0.4) is 0 Å². The summed E-state index contributed by atoms with van der Waals surface area (Å²) in [6.07, 6.45) is 3.35. The highest BCUT2D eigenvalue weighted by atomic mass is 35.5. The summed E-state index contributed by atoms with van der Waals surface area (Å²) >= 11 is 6.10. The monoisotopic (exact) mass is 544 g/mol. The predicted molar refractivity (Wildman–Crippen MR) is 149 cm³/mol. The number of halogens is 1. The lowest BCUT2D eigenvalue weighted by molar-refractivity contribution is -0.117. The summed E-state index contributed by atoms with van der Waals surface area (Å²) in [5, 5.41) is 4.20. The van der Waals surface area contributed by atoms with Crippen LogP contribution in [-0.4, -0.2) is 34.6 Å². The van der Waals surface area contributed by atoms with Crippen molar-refractivity contribution in [1.29, 1.82) is 0 Å². The molecule has 9 heteroatoms. The summed E-state index contributed by atoms with van der Waals surface area (Å²) in [5.41, 5.74) is 3.06. The van der Waals surface area contributed by atoms with Gasteiger partial charge in [-0.15, -0.1) is 0 Å². The van der Waals surface area contributed by atoms with Crippen molar-refractivity contribution in [2.75, 3.05) is 16.4 Å². The maximum Gasteiger partial charge on any atom is 0.258 e. The summed E-state index contributed by atoms with van der Waals surface area (Å²) in [6, 6.07) is 21.9. The first-order chi connectivity index (χ1) is 18.9. The molecule has 2 atom stereocenters. The van der Waals surface area contributed by atoms with E-state index in [1.807, 2.05) is 48.2 Å². The molecular weight excluding hydrogens is 516 g/mol. The van der Waals surface area contributed by atoms with Crippen molar-refractivity contribution in [2.24, 2.45) is 0 Å². The molecule has 4 aromatic rings. The molecular formula is C30H29ClN4O4. The number of aryl methyl sites for hydroxylation is 1. The van der Waals surface area contributed by atoms with Gasteiger partial charge in [0, 0.05) is 41.3 Å². The summed E-state index contributed by atoms with van der Waals surface area (Å²) in [7, 11) is 0. The average Bonchev–Trinajstić information content (AvgIpc) is 3.46.